The summed E-state index contributed by atoms with van der Waals surface area (Å²) >= 11 is 0. The van der Waals surface area contributed by atoms with E-state index in [-0.39, 0.29) is 18.5 Å². The summed E-state index contributed by atoms with van der Waals surface area (Å²) in [4.78, 5) is 21.3. The van der Waals surface area contributed by atoms with E-state index in [0.29, 0.717) is 24.3 Å². The minimum atomic E-state index is -0.351. The van der Waals surface area contributed by atoms with Gasteiger partial charge in [0.15, 0.2) is 0 Å². The van der Waals surface area contributed by atoms with Gasteiger partial charge in [-0.25, -0.2) is 14.2 Å². The maximum atomic E-state index is 13.5. The first kappa shape index (κ1) is 19.4. The largest absolute Gasteiger partial charge is 0.380 e. The van der Waals surface area contributed by atoms with Gasteiger partial charge in [0.25, 0.3) is 0 Å². The molecule has 0 unspecified atom stereocenters. The zero-order valence-electron chi connectivity index (χ0n) is 16.3. The molecule has 1 aliphatic heterocycles. The first-order valence-corrected chi connectivity index (χ1v) is 9.60. The molecule has 152 valence electrons. The summed E-state index contributed by atoms with van der Waals surface area (Å²) in [6, 6.07) is 10.0. The van der Waals surface area contributed by atoms with Gasteiger partial charge in [-0.05, 0) is 30.3 Å². The van der Waals surface area contributed by atoms with Gasteiger partial charge in [0.05, 0.1) is 12.3 Å². The number of anilines is 1. The van der Waals surface area contributed by atoms with Crippen molar-refractivity contribution in [2.75, 3.05) is 38.6 Å². The van der Waals surface area contributed by atoms with E-state index in [1.54, 1.807) is 18.1 Å². The average molecular weight is 397 g/mol. The topological polar surface area (TPSA) is 62.1 Å². The van der Waals surface area contributed by atoms with Gasteiger partial charge in [-0.3, -0.25) is 4.90 Å². The van der Waals surface area contributed by atoms with Crippen molar-refractivity contribution in [1.82, 2.24) is 19.2 Å². The monoisotopic (exact) mass is 397 g/mol. The summed E-state index contributed by atoms with van der Waals surface area (Å²) < 4.78 is 20.6. The quantitative estimate of drug-likeness (QED) is 0.719. The van der Waals surface area contributed by atoms with Crippen LogP contribution < -0.4 is 5.32 Å². The molecule has 1 saturated heterocycles. The number of aromatic nitrogens is 2. The number of benzene rings is 1. The third-order valence-corrected chi connectivity index (χ3v) is 5.07. The van der Waals surface area contributed by atoms with Crippen molar-refractivity contribution in [3.8, 4) is 0 Å². The van der Waals surface area contributed by atoms with Gasteiger partial charge in [-0.2, -0.15) is 0 Å². The maximum absolute atomic E-state index is 13.5. The molecule has 2 aromatic heterocycles. The number of nitrogens with one attached hydrogen (secondary N) is 1. The summed E-state index contributed by atoms with van der Waals surface area (Å²) in [5.74, 6) is -0.351. The molecule has 0 saturated carbocycles. The zero-order chi connectivity index (χ0) is 20.2. The van der Waals surface area contributed by atoms with Crippen LogP contribution in [0.15, 0.2) is 48.8 Å². The lowest BCUT2D eigenvalue weighted by Crippen LogP contribution is -2.49. The molecule has 0 bridgehead atoms. The van der Waals surface area contributed by atoms with Crippen LogP contribution in [0.1, 0.15) is 11.3 Å². The highest BCUT2D eigenvalue weighted by Gasteiger charge is 2.22. The fourth-order valence-electron chi connectivity index (χ4n) is 3.55. The Labute approximate surface area is 168 Å². The van der Waals surface area contributed by atoms with E-state index < -0.39 is 0 Å². The number of piperazine rings is 1. The Morgan fingerprint density at radius 1 is 1.21 bits per heavy atom. The van der Waals surface area contributed by atoms with Crippen LogP contribution in [0.5, 0.6) is 0 Å². The van der Waals surface area contributed by atoms with E-state index in [2.05, 4.69) is 15.2 Å². The van der Waals surface area contributed by atoms with E-state index in [9.17, 15) is 9.18 Å². The van der Waals surface area contributed by atoms with Crippen LogP contribution in [0.4, 0.5) is 14.9 Å². The molecule has 0 atom stereocenters. The van der Waals surface area contributed by atoms with E-state index in [0.717, 1.165) is 31.0 Å². The molecule has 7 nitrogen and oxygen atoms in total. The molecule has 4 rings (SSSR count). The molecule has 0 aliphatic carbocycles. The second-order valence-corrected chi connectivity index (χ2v) is 7.13. The third kappa shape index (κ3) is 4.55. The molecule has 0 radical (unpaired) electrons. The normalized spacial score (nSPS) is 15.0. The first-order chi connectivity index (χ1) is 14.1. The summed E-state index contributed by atoms with van der Waals surface area (Å²) in [5.41, 5.74) is 3.15. The molecule has 2 amide bonds. The van der Waals surface area contributed by atoms with Gasteiger partial charge in [0.1, 0.15) is 11.5 Å². The minimum absolute atomic E-state index is 0.179. The van der Waals surface area contributed by atoms with E-state index in [4.69, 9.17) is 4.74 Å². The lowest BCUT2D eigenvalue weighted by molar-refractivity contribution is 0.142. The van der Waals surface area contributed by atoms with E-state index in [1.807, 2.05) is 35.0 Å². The van der Waals surface area contributed by atoms with Crippen LogP contribution in [-0.2, 0) is 17.9 Å². The average Bonchev–Trinajstić information content (AvgIpc) is 3.13. The van der Waals surface area contributed by atoms with Crippen LogP contribution in [0.3, 0.4) is 0 Å². The van der Waals surface area contributed by atoms with Crippen molar-refractivity contribution in [1.29, 1.82) is 0 Å². The number of imidazole rings is 1. The fraction of sp³-hybridized carbons (Fsp3) is 0.333. The lowest BCUT2D eigenvalue weighted by atomic mass is 10.2. The zero-order valence-corrected chi connectivity index (χ0v) is 16.3. The summed E-state index contributed by atoms with van der Waals surface area (Å²) in [6.45, 7) is 3.79. The van der Waals surface area contributed by atoms with Gasteiger partial charge in [-0.15, -0.1) is 0 Å². The fourth-order valence-corrected chi connectivity index (χ4v) is 3.55. The number of nitrogens with zero attached hydrogens (tertiary/aromatic N) is 4. The standard InChI is InChI=1S/C21H24FN5O2/c1-29-15-16-12-17(22)5-6-19(16)24-21(28)26-10-8-25(9-11-26)13-18-14-27-7-3-2-4-20(27)23-18/h2-7,12,14H,8-11,13,15H2,1H3,(H,24,28). The lowest BCUT2D eigenvalue weighted by Gasteiger charge is -2.34. The van der Waals surface area contributed by atoms with Crippen LogP contribution in [0.25, 0.3) is 5.65 Å². The number of pyridine rings is 1. The predicted molar refractivity (Wildman–Crippen MR) is 108 cm³/mol. The number of urea groups is 1. The number of ether oxygens (including phenoxy) is 1. The molecule has 8 heteroatoms. The van der Waals surface area contributed by atoms with Crippen LogP contribution in [0, 0.1) is 5.82 Å². The van der Waals surface area contributed by atoms with Crippen LogP contribution >= 0.6 is 0 Å². The van der Waals surface area contributed by atoms with Crippen molar-refractivity contribution in [3.05, 3.63) is 65.9 Å². The summed E-state index contributed by atoms with van der Waals surface area (Å²) in [6.07, 6.45) is 4.03. The molecule has 1 aliphatic rings. The molecule has 1 aromatic carbocycles. The molecule has 3 heterocycles. The van der Waals surface area contributed by atoms with Crippen LogP contribution in [0.2, 0.25) is 0 Å². The number of halogens is 1. The van der Waals surface area contributed by atoms with Gasteiger partial charge in [-0.1, -0.05) is 6.07 Å². The Kier molecular flexibility index (Phi) is 5.73. The molecule has 29 heavy (non-hydrogen) atoms. The van der Waals surface area contributed by atoms with Crippen molar-refractivity contribution in [3.63, 3.8) is 0 Å². The number of amides is 2. The Hall–Kier alpha value is -2.97. The number of fused-ring (bicyclic) bond motifs is 1. The Bertz CT molecular complexity index is 965. The Morgan fingerprint density at radius 2 is 2.03 bits per heavy atom. The number of rotatable bonds is 5. The Morgan fingerprint density at radius 3 is 2.79 bits per heavy atom. The molecular formula is C21H24FN5O2. The molecule has 0 spiro atoms. The van der Waals surface area contributed by atoms with E-state index in [1.165, 1.54) is 12.1 Å². The number of carbonyl (C=O) groups excluding carboxylic acids is 1. The maximum Gasteiger partial charge on any atom is 0.321 e. The highest BCUT2D eigenvalue weighted by molar-refractivity contribution is 5.90. The van der Waals surface area contributed by atoms with Crippen molar-refractivity contribution in [2.45, 2.75) is 13.2 Å². The third-order valence-electron chi connectivity index (χ3n) is 5.07. The van der Waals surface area contributed by atoms with Crippen molar-refractivity contribution < 1.29 is 13.9 Å². The highest BCUT2D eigenvalue weighted by atomic mass is 19.1. The van der Waals surface area contributed by atoms with E-state index >= 15 is 0 Å². The molecule has 1 fully saturated rings. The second kappa shape index (κ2) is 8.59. The SMILES string of the molecule is COCc1cc(F)ccc1NC(=O)N1CCN(Cc2cn3ccccc3n2)CC1. The van der Waals surface area contributed by atoms with Crippen molar-refractivity contribution >= 4 is 17.4 Å². The first-order valence-electron chi connectivity index (χ1n) is 9.60. The molecular weight excluding hydrogens is 373 g/mol. The van der Waals surface area contributed by atoms with Gasteiger partial charge in [0, 0.05) is 63.5 Å². The number of carbonyl (C=O) groups is 1. The van der Waals surface area contributed by atoms with Gasteiger partial charge in [0.2, 0.25) is 0 Å². The molecule has 1 N–H and O–H groups in total. The summed E-state index contributed by atoms with van der Waals surface area (Å²) in [5, 5.41) is 2.88. The van der Waals surface area contributed by atoms with Gasteiger partial charge < -0.3 is 19.4 Å². The minimum Gasteiger partial charge on any atom is -0.380 e. The smallest absolute Gasteiger partial charge is 0.321 e. The van der Waals surface area contributed by atoms with Gasteiger partial charge >= 0.3 is 6.03 Å². The Balaban J connectivity index is 1.33. The number of hydrogen-bond donors (Lipinski definition) is 1. The number of hydrogen-bond acceptors (Lipinski definition) is 4. The highest BCUT2D eigenvalue weighted by Crippen LogP contribution is 2.19. The molecule has 3 aromatic rings. The predicted octanol–water partition coefficient (Wildman–Crippen LogP) is 2.97. The van der Waals surface area contributed by atoms with Crippen LogP contribution in [-0.4, -0.2) is 58.5 Å². The summed E-state index contributed by atoms with van der Waals surface area (Å²) in [7, 11) is 1.54. The number of methoxy groups -OCH3 is 1. The van der Waals surface area contributed by atoms with Crippen molar-refractivity contribution in [2.24, 2.45) is 0 Å². The second-order valence-electron chi connectivity index (χ2n) is 7.13.